The number of rotatable bonds is 4. The molecule has 0 amide bonds. The van der Waals surface area contributed by atoms with Crippen LogP contribution in [0.2, 0.25) is 0 Å². The summed E-state index contributed by atoms with van der Waals surface area (Å²) in [6.07, 6.45) is 0. The Morgan fingerprint density at radius 1 is 1.06 bits per heavy atom. The molecule has 0 aliphatic carbocycles. The van der Waals surface area contributed by atoms with E-state index in [1.807, 2.05) is 24.3 Å². The first-order chi connectivity index (χ1) is 8.25. The van der Waals surface area contributed by atoms with Gasteiger partial charge in [-0.05, 0) is 30.2 Å². The molecule has 2 aromatic carbocycles. The molecule has 0 aromatic heterocycles. The lowest BCUT2D eigenvalue weighted by molar-refractivity contribution is 0.575. The van der Waals surface area contributed by atoms with Gasteiger partial charge in [0.15, 0.2) is 0 Å². The molecule has 1 unspecified atom stereocenters. The van der Waals surface area contributed by atoms with E-state index in [4.69, 9.17) is 5.73 Å². The maximum atomic E-state index is 5.75. The fourth-order valence-corrected chi connectivity index (χ4v) is 1.83. The lowest BCUT2D eigenvalue weighted by atomic mass is 10.1. The Morgan fingerprint density at radius 2 is 1.82 bits per heavy atom. The molecule has 3 N–H and O–H groups in total. The number of nitrogens with one attached hydrogen (secondary N) is 1. The maximum absolute atomic E-state index is 5.75. The van der Waals surface area contributed by atoms with Gasteiger partial charge in [0.05, 0.1) is 0 Å². The van der Waals surface area contributed by atoms with Gasteiger partial charge in [-0.25, -0.2) is 0 Å². The summed E-state index contributed by atoms with van der Waals surface area (Å²) in [6.45, 7) is 3.00. The average Bonchev–Trinajstić information content (AvgIpc) is 2.37. The smallest absolute Gasteiger partial charge is 0.0317 e. The van der Waals surface area contributed by atoms with E-state index < -0.39 is 0 Å². The van der Waals surface area contributed by atoms with Crippen LogP contribution in [0.15, 0.2) is 54.6 Å². The van der Waals surface area contributed by atoms with Crippen LogP contribution in [0, 0.1) is 0 Å². The van der Waals surface area contributed by atoms with Crippen molar-refractivity contribution in [3.8, 4) is 0 Å². The highest BCUT2D eigenvalue weighted by molar-refractivity contribution is 5.40. The topological polar surface area (TPSA) is 38.0 Å². The van der Waals surface area contributed by atoms with Crippen LogP contribution in [0.25, 0.3) is 0 Å². The molecular formula is C15H18N2. The minimum Gasteiger partial charge on any atom is -0.399 e. The molecule has 0 heterocycles. The van der Waals surface area contributed by atoms with Crippen molar-refractivity contribution in [2.24, 2.45) is 0 Å². The van der Waals surface area contributed by atoms with Crippen LogP contribution < -0.4 is 11.1 Å². The van der Waals surface area contributed by atoms with Crippen LogP contribution in [-0.4, -0.2) is 0 Å². The molecule has 1 atom stereocenters. The van der Waals surface area contributed by atoms with E-state index in [9.17, 15) is 0 Å². The molecule has 0 bridgehead atoms. The monoisotopic (exact) mass is 226 g/mol. The van der Waals surface area contributed by atoms with Crippen LogP contribution in [0.5, 0.6) is 0 Å². The van der Waals surface area contributed by atoms with Gasteiger partial charge in [0, 0.05) is 18.3 Å². The fourth-order valence-electron chi connectivity index (χ4n) is 1.83. The highest BCUT2D eigenvalue weighted by atomic mass is 14.9. The Balaban J connectivity index is 1.95. The minimum atomic E-state index is 0.345. The third-order valence-corrected chi connectivity index (χ3v) is 2.86. The Hall–Kier alpha value is -1.80. The summed E-state index contributed by atoms with van der Waals surface area (Å²) in [5, 5.41) is 3.49. The molecule has 0 fully saturated rings. The molecule has 0 aliphatic rings. The summed E-state index contributed by atoms with van der Waals surface area (Å²) in [5.41, 5.74) is 9.08. The van der Waals surface area contributed by atoms with E-state index in [-0.39, 0.29) is 0 Å². The van der Waals surface area contributed by atoms with Crippen molar-refractivity contribution in [1.82, 2.24) is 5.32 Å². The molecule has 17 heavy (non-hydrogen) atoms. The Kier molecular flexibility index (Phi) is 3.78. The first kappa shape index (κ1) is 11.7. The van der Waals surface area contributed by atoms with Crippen LogP contribution in [-0.2, 0) is 6.54 Å². The van der Waals surface area contributed by atoms with Crippen molar-refractivity contribution in [2.45, 2.75) is 19.5 Å². The average molecular weight is 226 g/mol. The highest BCUT2D eigenvalue weighted by Gasteiger charge is 2.03. The fraction of sp³-hybridized carbons (Fsp3) is 0.200. The molecule has 0 saturated carbocycles. The third kappa shape index (κ3) is 3.33. The number of nitrogen functional groups attached to an aromatic ring is 1. The van der Waals surface area contributed by atoms with Crippen LogP contribution in [0.4, 0.5) is 5.69 Å². The van der Waals surface area contributed by atoms with Crippen molar-refractivity contribution in [1.29, 1.82) is 0 Å². The normalized spacial score (nSPS) is 12.3. The number of benzene rings is 2. The largest absolute Gasteiger partial charge is 0.399 e. The van der Waals surface area contributed by atoms with Crippen LogP contribution in [0.3, 0.4) is 0 Å². The molecule has 88 valence electrons. The molecule has 0 radical (unpaired) electrons. The summed E-state index contributed by atoms with van der Waals surface area (Å²) in [7, 11) is 0. The second kappa shape index (κ2) is 5.51. The number of anilines is 1. The van der Waals surface area contributed by atoms with Gasteiger partial charge in [-0.1, -0.05) is 42.5 Å². The third-order valence-electron chi connectivity index (χ3n) is 2.86. The van der Waals surface area contributed by atoms with Gasteiger partial charge in [-0.2, -0.15) is 0 Å². The Morgan fingerprint density at radius 3 is 2.53 bits per heavy atom. The summed E-state index contributed by atoms with van der Waals surface area (Å²) < 4.78 is 0. The summed E-state index contributed by atoms with van der Waals surface area (Å²) in [5.74, 6) is 0. The zero-order chi connectivity index (χ0) is 12.1. The molecule has 2 heteroatoms. The van der Waals surface area contributed by atoms with Crippen LogP contribution >= 0.6 is 0 Å². The van der Waals surface area contributed by atoms with Gasteiger partial charge < -0.3 is 11.1 Å². The zero-order valence-corrected chi connectivity index (χ0v) is 10.1. The number of nitrogens with two attached hydrogens (primary N) is 1. The van der Waals surface area contributed by atoms with Crippen LogP contribution in [0.1, 0.15) is 24.1 Å². The zero-order valence-electron chi connectivity index (χ0n) is 10.1. The van der Waals surface area contributed by atoms with Crippen molar-refractivity contribution in [3.63, 3.8) is 0 Å². The SMILES string of the molecule is CC(NCc1cccc(N)c1)c1ccccc1. The highest BCUT2D eigenvalue weighted by Crippen LogP contribution is 2.13. The lowest BCUT2D eigenvalue weighted by Crippen LogP contribution is -2.18. The predicted molar refractivity (Wildman–Crippen MR) is 72.6 cm³/mol. The van der Waals surface area contributed by atoms with Gasteiger partial charge >= 0.3 is 0 Å². The Labute approximate surface area is 102 Å². The first-order valence-electron chi connectivity index (χ1n) is 5.88. The van der Waals surface area contributed by atoms with Crippen molar-refractivity contribution < 1.29 is 0 Å². The molecule has 0 saturated heterocycles. The van der Waals surface area contributed by atoms with Gasteiger partial charge in [-0.3, -0.25) is 0 Å². The van der Waals surface area contributed by atoms with Crippen molar-refractivity contribution >= 4 is 5.69 Å². The minimum absolute atomic E-state index is 0.345. The summed E-state index contributed by atoms with van der Waals surface area (Å²) in [6, 6.07) is 18.8. The van der Waals surface area contributed by atoms with E-state index in [1.54, 1.807) is 0 Å². The van der Waals surface area contributed by atoms with E-state index in [0.29, 0.717) is 6.04 Å². The maximum Gasteiger partial charge on any atom is 0.0317 e. The lowest BCUT2D eigenvalue weighted by Gasteiger charge is -2.14. The van der Waals surface area contributed by atoms with Gasteiger partial charge in [0.25, 0.3) is 0 Å². The Bertz CT molecular complexity index is 465. The first-order valence-corrected chi connectivity index (χ1v) is 5.88. The number of hydrogen-bond donors (Lipinski definition) is 2. The van der Waals surface area contributed by atoms with E-state index in [0.717, 1.165) is 12.2 Å². The summed E-state index contributed by atoms with van der Waals surface area (Å²) in [4.78, 5) is 0. The molecule has 2 aromatic rings. The molecule has 0 spiro atoms. The quantitative estimate of drug-likeness (QED) is 0.786. The molecular weight excluding hydrogens is 208 g/mol. The number of hydrogen-bond acceptors (Lipinski definition) is 2. The summed E-state index contributed by atoms with van der Waals surface area (Å²) >= 11 is 0. The van der Waals surface area contributed by atoms with Gasteiger partial charge in [-0.15, -0.1) is 0 Å². The standard InChI is InChI=1S/C15H18N2/c1-12(14-7-3-2-4-8-14)17-11-13-6-5-9-15(16)10-13/h2-10,12,17H,11,16H2,1H3. The van der Waals surface area contributed by atoms with Gasteiger partial charge in [0.2, 0.25) is 0 Å². The van der Waals surface area contributed by atoms with E-state index in [2.05, 4.69) is 42.6 Å². The van der Waals surface area contributed by atoms with E-state index >= 15 is 0 Å². The van der Waals surface area contributed by atoms with Crippen molar-refractivity contribution in [2.75, 3.05) is 5.73 Å². The molecule has 2 nitrogen and oxygen atoms in total. The second-order valence-corrected chi connectivity index (χ2v) is 4.26. The van der Waals surface area contributed by atoms with Crippen molar-refractivity contribution in [3.05, 3.63) is 65.7 Å². The molecule has 2 rings (SSSR count). The van der Waals surface area contributed by atoms with Gasteiger partial charge in [0.1, 0.15) is 0 Å². The predicted octanol–water partition coefficient (Wildman–Crippen LogP) is 3.12. The molecule has 0 aliphatic heterocycles. The van der Waals surface area contributed by atoms with E-state index in [1.165, 1.54) is 11.1 Å². The second-order valence-electron chi connectivity index (χ2n) is 4.26.